The minimum absolute atomic E-state index is 0.192. The maximum atomic E-state index is 8.59. The Morgan fingerprint density at radius 3 is 1.57 bits per heavy atom. The van der Waals surface area contributed by atoms with E-state index in [4.69, 9.17) is 6.85 Å². The molecule has 0 aliphatic carbocycles. The van der Waals surface area contributed by atoms with Crippen molar-refractivity contribution in [2.75, 3.05) is 0 Å². The molecule has 0 fully saturated rings. The molecule has 2 heteroatoms. The van der Waals surface area contributed by atoms with E-state index < -0.39 is 6.04 Å². The molecule has 2 aromatic heterocycles. The minimum Gasteiger partial charge on any atom is -0.309 e. The number of fused-ring (bicyclic) bond motifs is 7. The average Bonchev–Trinajstić information content (AvgIpc) is 3.67. The molecule has 2 heterocycles. The smallest absolute Gasteiger partial charge is 0.0629 e. The standard InChI is InChI=1S/C42H28N2/c1-3-12-29(13-4-1)31-22-24-33(25-23-31)43-37-20-9-7-18-35(37)41-39(43)26-27-40-42(41)36-19-8-10-21-38(36)44(40)34-17-11-16-32(28-34)30-14-5-2-6-15-30/h1-28H/i2D,5D,6D,14D,15D. The Balaban J connectivity index is 1.30. The summed E-state index contributed by atoms with van der Waals surface area (Å²) in [5.74, 6) is 0. The molecule has 0 saturated heterocycles. The van der Waals surface area contributed by atoms with E-state index in [0.29, 0.717) is 5.56 Å². The number of hydrogen-bond donors (Lipinski definition) is 0. The highest BCUT2D eigenvalue weighted by Gasteiger charge is 2.20. The topological polar surface area (TPSA) is 9.86 Å². The third-order valence-electron chi connectivity index (χ3n) is 8.60. The fourth-order valence-corrected chi connectivity index (χ4v) is 6.70. The highest BCUT2D eigenvalue weighted by molar-refractivity contribution is 6.28. The molecule has 0 saturated carbocycles. The molecule has 0 spiro atoms. The number of aromatic nitrogens is 2. The van der Waals surface area contributed by atoms with Gasteiger partial charge in [0.05, 0.1) is 28.9 Å². The highest BCUT2D eigenvalue weighted by atomic mass is 15.0. The molecule has 0 amide bonds. The molecule has 0 aliphatic rings. The van der Waals surface area contributed by atoms with Crippen LogP contribution in [-0.4, -0.2) is 9.13 Å². The van der Waals surface area contributed by atoms with Gasteiger partial charge in [0.15, 0.2) is 0 Å². The van der Waals surface area contributed by atoms with Gasteiger partial charge in [0.2, 0.25) is 0 Å². The Labute approximate surface area is 262 Å². The van der Waals surface area contributed by atoms with E-state index in [-0.39, 0.29) is 29.7 Å². The van der Waals surface area contributed by atoms with Crippen molar-refractivity contribution >= 4 is 43.6 Å². The lowest BCUT2D eigenvalue weighted by atomic mass is 10.0. The van der Waals surface area contributed by atoms with E-state index in [0.717, 1.165) is 55.0 Å². The maximum Gasteiger partial charge on any atom is 0.0629 e. The van der Waals surface area contributed by atoms with Crippen molar-refractivity contribution in [3.05, 3.63) is 170 Å². The van der Waals surface area contributed by atoms with Crippen molar-refractivity contribution in [2.24, 2.45) is 0 Å². The Kier molecular flexibility index (Phi) is 4.51. The van der Waals surface area contributed by atoms with Crippen LogP contribution in [0.3, 0.4) is 0 Å². The van der Waals surface area contributed by atoms with E-state index in [9.17, 15) is 0 Å². The Morgan fingerprint density at radius 2 is 0.909 bits per heavy atom. The molecule has 206 valence electrons. The second kappa shape index (κ2) is 9.86. The molecule has 9 rings (SSSR count). The number of hydrogen-bond acceptors (Lipinski definition) is 0. The second-order valence-electron chi connectivity index (χ2n) is 11.0. The molecule has 44 heavy (non-hydrogen) atoms. The van der Waals surface area contributed by atoms with Crippen molar-refractivity contribution < 1.29 is 6.85 Å². The van der Waals surface area contributed by atoms with Gasteiger partial charge < -0.3 is 9.13 Å². The van der Waals surface area contributed by atoms with Gasteiger partial charge in [-0.1, -0.05) is 121 Å². The monoisotopic (exact) mass is 565 g/mol. The maximum absolute atomic E-state index is 8.59. The lowest BCUT2D eigenvalue weighted by molar-refractivity contribution is 1.17. The SMILES string of the molecule is [2H]c1c([2H])c([2H])c(-c2cccc(-n3c4ccccc4c4c5c6ccccc6n(-c6ccc(-c7ccccc7)cc6)c5ccc43)c2)c([2H])c1[2H]. The lowest BCUT2D eigenvalue weighted by Gasteiger charge is -2.11. The molecule has 0 N–H and O–H groups in total. The first-order valence-corrected chi connectivity index (χ1v) is 14.7. The molecule has 2 nitrogen and oxygen atoms in total. The number of para-hydroxylation sites is 2. The predicted molar refractivity (Wildman–Crippen MR) is 186 cm³/mol. The summed E-state index contributed by atoms with van der Waals surface area (Å²) in [4.78, 5) is 0. The summed E-state index contributed by atoms with van der Waals surface area (Å²) in [6.45, 7) is 0. The first kappa shape index (κ1) is 20.1. The van der Waals surface area contributed by atoms with Crippen LogP contribution < -0.4 is 0 Å². The zero-order valence-electron chi connectivity index (χ0n) is 28.7. The summed E-state index contributed by atoms with van der Waals surface area (Å²) in [6.07, 6.45) is 0. The fraction of sp³-hybridized carbons (Fsp3) is 0. The lowest BCUT2D eigenvalue weighted by Crippen LogP contribution is -1.95. The molecule has 0 unspecified atom stereocenters. The predicted octanol–water partition coefficient (Wildman–Crippen LogP) is 11.2. The molecular weight excluding hydrogens is 532 g/mol. The van der Waals surface area contributed by atoms with E-state index in [2.05, 4.69) is 112 Å². The average molecular weight is 566 g/mol. The van der Waals surface area contributed by atoms with Crippen LogP contribution in [-0.2, 0) is 0 Å². The number of rotatable bonds is 4. The largest absolute Gasteiger partial charge is 0.309 e. The molecule has 9 aromatic rings. The molecular formula is C42H28N2. The van der Waals surface area contributed by atoms with Gasteiger partial charge in [0.25, 0.3) is 0 Å². The summed E-state index contributed by atoms with van der Waals surface area (Å²) in [5, 5.41) is 4.57. The van der Waals surface area contributed by atoms with E-state index in [1.807, 2.05) is 30.3 Å². The Bertz CT molecular complexity index is 2730. The van der Waals surface area contributed by atoms with Gasteiger partial charge in [-0.2, -0.15) is 0 Å². The van der Waals surface area contributed by atoms with E-state index in [1.165, 1.54) is 11.1 Å². The van der Waals surface area contributed by atoms with Gasteiger partial charge in [0, 0.05) is 32.9 Å². The quantitative estimate of drug-likeness (QED) is 0.201. The highest BCUT2D eigenvalue weighted by Crippen LogP contribution is 2.42. The summed E-state index contributed by atoms with van der Waals surface area (Å²) in [5.41, 5.74) is 9.31. The molecule has 7 aromatic carbocycles. The van der Waals surface area contributed by atoms with E-state index in [1.54, 1.807) is 6.07 Å². The fourth-order valence-electron chi connectivity index (χ4n) is 6.70. The summed E-state index contributed by atoms with van der Waals surface area (Å²) < 4.78 is 46.3. The van der Waals surface area contributed by atoms with E-state index >= 15 is 0 Å². The normalized spacial score (nSPS) is 13.2. The van der Waals surface area contributed by atoms with Crippen molar-refractivity contribution in [3.8, 4) is 33.6 Å². The Hall–Kier alpha value is -5.86. The van der Waals surface area contributed by atoms with Crippen LogP contribution in [0.5, 0.6) is 0 Å². The molecule has 0 atom stereocenters. The first-order chi connectivity index (χ1) is 23.9. The Morgan fingerprint density at radius 1 is 0.364 bits per heavy atom. The van der Waals surface area contributed by atoms with Crippen LogP contribution in [0.25, 0.3) is 77.2 Å². The third-order valence-corrected chi connectivity index (χ3v) is 8.60. The van der Waals surface area contributed by atoms with Gasteiger partial charge in [-0.25, -0.2) is 0 Å². The van der Waals surface area contributed by atoms with Crippen LogP contribution in [0, 0.1) is 0 Å². The van der Waals surface area contributed by atoms with Crippen molar-refractivity contribution in [3.63, 3.8) is 0 Å². The number of nitrogens with zero attached hydrogens (tertiary/aromatic N) is 2. The van der Waals surface area contributed by atoms with Gasteiger partial charge in [-0.05, 0) is 70.8 Å². The number of benzene rings is 7. The van der Waals surface area contributed by atoms with Gasteiger partial charge in [0.1, 0.15) is 0 Å². The first-order valence-electron chi connectivity index (χ1n) is 17.2. The van der Waals surface area contributed by atoms with Crippen LogP contribution >= 0.6 is 0 Å². The van der Waals surface area contributed by atoms with Crippen molar-refractivity contribution in [1.82, 2.24) is 9.13 Å². The van der Waals surface area contributed by atoms with Crippen LogP contribution in [0.15, 0.2) is 170 Å². The third kappa shape index (κ3) is 3.75. The summed E-state index contributed by atoms with van der Waals surface area (Å²) in [7, 11) is 0. The van der Waals surface area contributed by atoms with Gasteiger partial charge >= 0.3 is 0 Å². The second-order valence-corrected chi connectivity index (χ2v) is 11.0. The zero-order valence-corrected chi connectivity index (χ0v) is 23.7. The van der Waals surface area contributed by atoms with Crippen LogP contribution in [0.4, 0.5) is 0 Å². The van der Waals surface area contributed by atoms with Crippen LogP contribution in [0.1, 0.15) is 6.85 Å². The van der Waals surface area contributed by atoms with Crippen molar-refractivity contribution in [2.45, 2.75) is 0 Å². The van der Waals surface area contributed by atoms with Gasteiger partial charge in [-0.15, -0.1) is 0 Å². The molecule has 0 radical (unpaired) electrons. The molecule has 0 aliphatic heterocycles. The zero-order chi connectivity index (χ0) is 33.4. The summed E-state index contributed by atoms with van der Waals surface area (Å²) >= 11 is 0. The summed E-state index contributed by atoms with van der Waals surface area (Å²) in [6, 6.07) is 46.5. The van der Waals surface area contributed by atoms with Gasteiger partial charge in [-0.3, -0.25) is 0 Å². The molecule has 0 bridgehead atoms. The van der Waals surface area contributed by atoms with Crippen molar-refractivity contribution in [1.29, 1.82) is 0 Å². The minimum atomic E-state index is -0.396. The van der Waals surface area contributed by atoms with Crippen LogP contribution in [0.2, 0.25) is 0 Å².